The van der Waals surface area contributed by atoms with E-state index in [0.29, 0.717) is 31.2 Å². The molecule has 3 aliphatic heterocycles. The summed E-state index contributed by atoms with van der Waals surface area (Å²) in [7, 11) is 2.25. The number of aryl methyl sites for hydroxylation is 1. The van der Waals surface area contributed by atoms with Gasteiger partial charge in [0, 0.05) is 43.3 Å². The highest BCUT2D eigenvalue weighted by Crippen LogP contribution is 2.36. The van der Waals surface area contributed by atoms with Gasteiger partial charge in [-0.25, -0.2) is 4.98 Å². The molecule has 3 aliphatic rings. The Labute approximate surface area is 177 Å². The van der Waals surface area contributed by atoms with Gasteiger partial charge in [-0.2, -0.15) is 13.2 Å². The molecule has 0 saturated carbocycles. The van der Waals surface area contributed by atoms with E-state index in [1.165, 1.54) is 25.7 Å². The number of hydrogen-bond donors (Lipinski definition) is 1. The van der Waals surface area contributed by atoms with Gasteiger partial charge in [-0.15, -0.1) is 0 Å². The number of alkyl halides is 3. The summed E-state index contributed by atoms with van der Waals surface area (Å²) in [6.07, 6.45) is 0.771. The molecule has 0 radical (unpaired) electrons. The summed E-state index contributed by atoms with van der Waals surface area (Å²) in [6, 6.07) is 5.60. The number of aromatic nitrogens is 1. The number of anilines is 2. The summed E-state index contributed by atoms with van der Waals surface area (Å²) in [5, 5.41) is 3.71. The van der Waals surface area contributed by atoms with Crippen molar-refractivity contribution in [2.24, 2.45) is 0 Å². The van der Waals surface area contributed by atoms with E-state index in [9.17, 15) is 13.2 Å². The number of hydrogen-bond acceptors (Lipinski definition) is 5. The maximum atomic E-state index is 12.9. The van der Waals surface area contributed by atoms with Gasteiger partial charge in [-0.1, -0.05) is 0 Å². The molecule has 0 aliphatic carbocycles. The van der Waals surface area contributed by atoms with Crippen LogP contribution in [0.25, 0.3) is 0 Å². The monoisotopic (exact) mass is 425 g/mol. The Kier molecular flexibility index (Phi) is 5.92. The minimum Gasteiger partial charge on any atom is -0.381 e. The van der Waals surface area contributed by atoms with E-state index in [1.54, 1.807) is 4.90 Å². The van der Waals surface area contributed by atoms with Crippen LogP contribution in [0.3, 0.4) is 0 Å². The normalized spacial score (nSPS) is 33.2. The molecule has 4 atom stereocenters. The number of rotatable bonds is 4. The highest BCUT2D eigenvalue weighted by atomic mass is 19.4. The third-order valence-electron chi connectivity index (χ3n) is 7.32. The lowest BCUT2D eigenvalue weighted by molar-refractivity contribution is -0.156. The smallest absolute Gasteiger partial charge is 0.381 e. The number of halogens is 3. The largest absolute Gasteiger partial charge is 0.401 e. The van der Waals surface area contributed by atoms with Crippen LogP contribution in [0.1, 0.15) is 45.2 Å². The highest BCUT2D eigenvalue weighted by molar-refractivity contribution is 5.54. The molecule has 4 rings (SSSR count). The van der Waals surface area contributed by atoms with Crippen molar-refractivity contribution in [2.75, 3.05) is 36.9 Å². The van der Waals surface area contributed by atoms with Gasteiger partial charge in [-0.3, -0.25) is 4.90 Å². The van der Waals surface area contributed by atoms with Gasteiger partial charge < -0.3 is 15.1 Å². The van der Waals surface area contributed by atoms with Gasteiger partial charge in [-0.05, 0) is 65.6 Å². The number of piperazine rings is 1. The Morgan fingerprint density at radius 1 is 1.07 bits per heavy atom. The maximum Gasteiger partial charge on any atom is 0.401 e. The van der Waals surface area contributed by atoms with E-state index in [0.717, 1.165) is 17.2 Å². The topological polar surface area (TPSA) is 34.6 Å². The van der Waals surface area contributed by atoms with Crippen LogP contribution in [-0.2, 0) is 0 Å². The first-order chi connectivity index (χ1) is 14.1. The van der Waals surface area contributed by atoms with Crippen LogP contribution < -0.4 is 10.2 Å². The third kappa shape index (κ3) is 4.54. The Balaban J connectivity index is 1.40. The van der Waals surface area contributed by atoms with Crippen molar-refractivity contribution in [3.63, 3.8) is 0 Å². The van der Waals surface area contributed by atoms with E-state index < -0.39 is 12.7 Å². The van der Waals surface area contributed by atoms with Crippen molar-refractivity contribution in [3.05, 3.63) is 17.8 Å². The zero-order valence-corrected chi connectivity index (χ0v) is 18.4. The van der Waals surface area contributed by atoms with Gasteiger partial charge in [0.05, 0.1) is 17.9 Å². The average Bonchev–Trinajstić information content (AvgIpc) is 2.87. The average molecular weight is 426 g/mol. The predicted octanol–water partition coefficient (Wildman–Crippen LogP) is 3.89. The minimum absolute atomic E-state index is 0.176. The number of nitrogens with one attached hydrogen (secondary N) is 1. The van der Waals surface area contributed by atoms with Gasteiger partial charge in [0.2, 0.25) is 0 Å². The minimum atomic E-state index is -4.17. The van der Waals surface area contributed by atoms with Crippen LogP contribution >= 0.6 is 0 Å². The van der Waals surface area contributed by atoms with E-state index in [1.807, 2.05) is 26.8 Å². The Morgan fingerprint density at radius 2 is 1.67 bits per heavy atom. The van der Waals surface area contributed by atoms with Crippen molar-refractivity contribution in [1.29, 1.82) is 0 Å². The second-order valence-corrected chi connectivity index (χ2v) is 9.56. The van der Waals surface area contributed by atoms with Crippen LogP contribution in [0.4, 0.5) is 24.7 Å². The fraction of sp³-hybridized carbons (Fsp3) is 0.773. The summed E-state index contributed by atoms with van der Waals surface area (Å²) in [5.74, 6) is 0.854. The number of nitrogens with zero attached hydrogens (tertiary/aromatic N) is 4. The first kappa shape index (κ1) is 21.7. The molecule has 2 bridgehead atoms. The van der Waals surface area contributed by atoms with Gasteiger partial charge in [0.15, 0.2) is 0 Å². The lowest BCUT2D eigenvalue weighted by atomic mass is 9.97. The van der Waals surface area contributed by atoms with Gasteiger partial charge >= 0.3 is 6.18 Å². The Morgan fingerprint density at radius 3 is 2.20 bits per heavy atom. The Bertz CT molecular complexity index is 729. The molecule has 168 valence electrons. The van der Waals surface area contributed by atoms with Crippen molar-refractivity contribution in [1.82, 2.24) is 14.8 Å². The molecule has 0 spiro atoms. The van der Waals surface area contributed by atoms with Crippen molar-refractivity contribution >= 4 is 11.5 Å². The molecule has 0 amide bonds. The molecule has 3 fully saturated rings. The van der Waals surface area contributed by atoms with Crippen molar-refractivity contribution in [3.8, 4) is 0 Å². The molecule has 1 aromatic rings. The molecule has 8 heteroatoms. The lowest BCUT2D eigenvalue weighted by Crippen LogP contribution is -2.59. The van der Waals surface area contributed by atoms with Crippen molar-refractivity contribution < 1.29 is 13.2 Å². The fourth-order valence-electron chi connectivity index (χ4n) is 5.69. The van der Waals surface area contributed by atoms with Crippen LogP contribution in [0, 0.1) is 6.92 Å². The van der Waals surface area contributed by atoms with E-state index in [4.69, 9.17) is 4.98 Å². The number of pyridine rings is 1. The molecule has 1 N–H and O–H groups in total. The lowest BCUT2D eigenvalue weighted by Gasteiger charge is -2.45. The third-order valence-corrected chi connectivity index (χ3v) is 7.32. The SMILES string of the molecule is Cc1nc(N2CC(C)N(CC(F)(F)F)C(C)C2)ccc1NC1CC2CCC(C1)N2C. The molecular weight excluding hydrogens is 391 g/mol. The zero-order chi connectivity index (χ0) is 21.6. The first-order valence-corrected chi connectivity index (χ1v) is 11.1. The van der Waals surface area contributed by atoms with E-state index >= 15 is 0 Å². The van der Waals surface area contributed by atoms with Crippen LogP contribution in [0.2, 0.25) is 0 Å². The fourth-order valence-corrected chi connectivity index (χ4v) is 5.69. The van der Waals surface area contributed by atoms with Crippen molar-refractivity contribution in [2.45, 2.75) is 82.8 Å². The van der Waals surface area contributed by atoms with Crippen LogP contribution in [-0.4, -0.2) is 77.9 Å². The summed E-state index contributed by atoms with van der Waals surface area (Å²) in [4.78, 5) is 11.0. The summed E-state index contributed by atoms with van der Waals surface area (Å²) < 4.78 is 38.7. The van der Waals surface area contributed by atoms with Crippen LogP contribution in [0.5, 0.6) is 0 Å². The molecule has 0 aromatic carbocycles. The summed E-state index contributed by atoms with van der Waals surface area (Å²) >= 11 is 0. The molecular formula is C22H34F3N5. The molecule has 4 heterocycles. The molecule has 30 heavy (non-hydrogen) atoms. The van der Waals surface area contributed by atoms with Crippen LogP contribution in [0.15, 0.2) is 12.1 Å². The van der Waals surface area contributed by atoms with Gasteiger partial charge in [0.25, 0.3) is 0 Å². The zero-order valence-electron chi connectivity index (χ0n) is 18.4. The molecule has 5 nitrogen and oxygen atoms in total. The highest BCUT2D eigenvalue weighted by Gasteiger charge is 2.39. The summed E-state index contributed by atoms with van der Waals surface area (Å²) in [6.45, 7) is 6.01. The summed E-state index contributed by atoms with van der Waals surface area (Å²) in [5.41, 5.74) is 2.03. The van der Waals surface area contributed by atoms with E-state index in [-0.39, 0.29) is 12.1 Å². The number of piperidine rings is 1. The molecule has 4 unspecified atom stereocenters. The first-order valence-electron chi connectivity index (χ1n) is 11.1. The standard InChI is InChI=1S/C22H34F3N5/c1-14-11-29(12-15(2)30(14)13-22(23,24)25)21-8-7-20(16(3)26-21)27-17-9-18-5-6-19(10-17)28(18)4/h7-8,14-15,17-19,27H,5-6,9-13H2,1-4H3. The molecule has 1 aromatic heterocycles. The predicted molar refractivity (Wildman–Crippen MR) is 114 cm³/mol. The Hall–Kier alpha value is -1.54. The quantitative estimate of drug-likeness (QED) is 0.792. The number of fused-ring (bicyclic) bond motifs is 2. The molecule has 3 saturated heterocycles. The van der Waals surface area contributed by atoms with Gasteiger partial charge in [0.1, 0.15) is 5.82 Å². The maximum absolute atomic E-state index is 12.9. The van der Waals surface area contributed by atoms with E-state index in [2.05, 4.69) is 28.2 Å². The second-order valence-electron chi connectivity index (χ2n) is 9.56. The second kappa shape index (κ2) is 8.19.